The molecule has 112 valence electrons. The second-order valence-electron chi connectivity index (χ2n) is 4.58. The molecule has 0 aliphatic rings. The first-order valence-electron chi connectivity index (χ1n) is 6.44. The molecule has 0 spiro atoms. The van der Waals surface area contributed by atoms with Crippen molar-refractivity contribution in [3.05, 3.63) is 65.2 Å². The molecule has 0 aromatic heterocycles. The van der Waals surface area contributed by atoms with E-state index < -0.39 is 17.8 Å². The summed E-state index contributed by atoms with van der Waals surface area (Å²) in [6, 6.07) is 12.0. The van der Waals surface area contributed by atoms with Crippen LogP contribution in [-0.2, 0) is 6.18 Å². The molecule has 1 N–H and O–H groups in total. The van der Waals surface area contributed by atoms with Crippen LogP contribution >= 0.6 is 0 Å². The van der Waals surface area contributed by atoms with E-state index in [4.69, 9.17) is 4.74 Å². The molecule has 21 heavy (non-hydrogen) atoms. The number of rotatable bonds is 4. The summed E-state index contributed by atoms with van der Waals surface area (Å²) >= 11 is 0. The van der Waals surface area contributed by atoms with Gasteiger partial charge in [0, 0.05) is 0 Å². The molecule has 0 aliphatic heterocycles. The lowest BCUT2D eigenvalue weighted by molar-refractivity contribution is -0.138. The van der Waals surface area contributed by atoms with Gasteiger partial charge >= 0.3 is 6.18 Å². The molecule has 2 aromatic rings. The standard InChI is InChI=1S/C16H16F3NO/c1-20-15(11-7-9-12(21-2)10-8-11)13-5-3-4-6-14(13)16(17,18)19/h3-10,15,20H,1-2H3. The van der Waals surface area contributed by atoms with Crippen LogP contribution in [0.3, 0.4) is 0 Å². The summed E-state index contributed by atoms with van der Waals surface area (Å²) in [6.07, 6.45) is -4.38. The van der Waals surface area contributed by atoms with Crippen molar-refractivity contribution in [2.45, 2.75) is 12.2 Å². The van der Waals surface area contributed by atoms with Gasteiger partial charge in [0.1, 0.15) is 5.75 Å². The second-order valence-corrected chi connectivity index (χ2v) is 4.58. The van der Waals surface area contributed by atoms with Crippen molar-refractivity contribution in [2.75, 3.05) is 14.2 Å². The first-order chi connectivity index (χ1) is 9.97. The van der Waals surface area contributed by atoms with Gasteiger partial charge in [-0.05, 0) is 36.4 Å². The van der Waals surface area contributed by atoms with Crippen molar-refractivity contribution in [3.8, 4) is 5.75 Å². The minimum absolute atomic E-state index is 0.206. The lowest BCUT2D eigenvalue weighted by Gasteiger charge is -2.22. The van der Waals surface area contributed by atoms with Gasteiger partial charge in [0.15, 0.2) is 0 Å². The van der Waals surface area contributed by atoms with E-state index in [1.54, 1.807) is 44.5 Å². The van der Waals surface area contributed by atoms with Crippen LogP contribution in [0.1, 0.15) is 22.7 Å². The third kappa shape index (κ3) is 3.36. The third-order valence-corrected chi connectivity index (χ3v) is 3.32. The van der Waals surface area contributed by atoms with Crippen molar-refractivity contribution in [3.63, 3.8) is 0 Å². The fourth-order valence-corrected chi connectivity index (χ4v) is 2.30. The predicted molar refractivity (Wildman–Crippen MR) is 75.3 cm³/mol. The first-order valence-corrected chi connectivity index (χ1v) is 6.44. The lowest BCUT2D eigenvalue weighted by Crippen LogP contribution is -2.21. The molecule has 1 unspecified atom stereocenters. The van der Waals surface area contributed by atoms with Gasteiger partial charge in [0.2, 0.25) is 0 Å². The smallest absolute Gasteiger partial charge is 0.416 e. The summed E-state index contributed by atoms with van der Waals surface area (Å²) in [7, 11) is 3.19. The minimum atomic E-state index is -4.38. The highest BCUT2D eigenvalue weighted by atomic mass is 19.4. The molecular weight excluding hydrogens is 279 g/mol. The van der Waals surface area contributed by atoms with Crippen molar-refractivity contribution in [2.24, 2.45) is 0 Å². The number of ether oxygens (including phenoxy) is 1. The number of halogens is 3. The monoisotopic (exact) mass is 295 g/mol. The average Bonchev–Trinajstić information content (AvgIpc) is 2.48. The van der Waals surface area contributed by atoms with Gasteiger partial charge < -0.3 is 10.1 Å². The Morgan fingerprint density at radius 2 is 1.62 bits per heavy atom. The molecule has 0 saturated heterocycles. The summed E-state index contributed by atoms with van der Waals surface area (Å²) in [5.74, 6) is 0.665. The molecule has 0 fully saturated rings. The highest BCUT2D eigenvalue weighted by molar-refractivity contribution is 5.40. The van der Waals surface area contributed by atoms with E-state index in [1.165, 1.54) is 12.1 Å². The molecule has 0 heterocycles. The van der Waals surface area contributed by atoms with Gasteiger partial charge in [-0.3, -0.25) is 0 Å². The van der Waals surface area contributed by atoms with Crippen molar-refractivity contribution >= 4 is 0 Å². The fraction of sp³-hybridized carbons (Fsp3) is 0.250. The van der Waals surface area contributed by atoms with E-state index in [2.05, 4.69) is 5.32 Å². The Hall–Kier alpha value is -2.01. The maximum absolute atomic E-state index is 13.1. The second kappa shape index (κ2) is 6.18. The summed E-state index contributed by atoms with van der Waals surface area (Å²) in [4.78, 5) is 0. The molecule has 0 aliphatic carbocycles. The summed E-state index contributed by atoms with van der Waals surface area (Å²) in [5, 5.41) is 2.94. The van der Waals surface area contributed by atoms with E-state index in [-0.39, 0.29) is 5.56 Å². The highest BCUT2D eigenvalue weighted by Gasteiger charge is 2.34. The SMILES string of the molecule is CNC(c1ccc(OC)cc1)c1ccccc1C(F)(F)F. The largest absolute Gasteiger partial charge is 0.497 e. The maximum atomic E-state index is 13.1. The Balaban J connectivity index is 2.46. The number of hydrogen-bond acceptors (Lipinski definition) is 2. The molecule has 0 amide bonds. The van der Waals surface area contributed by atoms with Crippen LogP contribution in [0.4, 0.5) is 13.2 Å². The summed E-state index contributed by atoms with van der Waals surface area (Å²) in [5.41, 5.74) is 0.327. The van der Waals surface area contributed by atoms with Crippen molar-refractivity contribution in [1.29, 1.82) is 0 Å². The van der Waals surface area contributed by atoms with Crippen molar-refractivity contribution < 1.29 is 17.9 Å². The fourth-order valence-electron chi connectivity index (χ4n) is 2.30. The van der Waals surface area contributed by atoms with E-state index in [9.17, 15) is 13.2 Å². The van der Waals surface area contributed by atoms with Crippen LogP contribution in [0, 0.1) is 0 Å². The van der Waals surface area contributed by atoms with Gasteiger partial charge in [0.05, 0.1) is 18.7 Å². The molecule has 0 radical (unpaired) electrons. The first kappa shape index (κ1) is 15.4. The topological polar surface area (TPSA) is 21.3 Å². The third-order valence-electron chi connectivity index (χ3n) is 3.32. The van der Waals surface area contributed by atoms with E-state index in [1.807, 2.05) is 0 Å². The molecule has 5 heteroatoms. The van der Waals surface area contributed by atoms with E-state index >= 15 is 0 Å². The number of hydrogen-bond donors (Lipinski definition) is 1. The Bertz CT molecular complexity index is 593. The molecule has 2 aromatic carbocycles. The van der Waals surface area contributed by atoms with Gasteiger partial charge in [-0.1, -0.05) is 30.3 Å². The Labute approximate surface area is 121 Å². The quantitative estimate of drug-likeness (QED) is 0.919. The van der Waals surface area contributed by atoms with Crippen LogP contribution in [0.25, 0.3) is 0 Å². The molecule has 2 rings (SSSR count). The number of nitrogens with one attached hydrogen (secondary N) is 1. The Kier molecular flexibility index (Phi) is 4.53. The summed E-state index contributed by atoms with van der Waals surface area (Å²) in [6.45, 7) is 0. The summed E-state index contributed by atoms with van der Waals surface area (Å²) < 4.78 is 44.5. The Morgan fingerprint density at radius 1 is 1.00 bits per heavy atom. The maximum Gasteiger partial charge on any atom is 0.416 e. The van der Waals surface area contributed by atoms with Gasteiger partial charge in [-0.25, -0.2) is 0 Å². The predicted octanol–water partition coefficient (Wildman–Crippen LogP) is 4.02. The number of methoxy groups -OCH3 is 1. The van der Waals surface area contributed by atoms with Gasteiger partial charge in [-0.15, -0.1) is 0 Å². The van der Waals surface area contributed by atoms with Crippen molar-refractivity contribution in [1.82, 2.24) is 5.32 Å². The van der Waals surface area contributed by atoms with Crippen LogP contribution in [0.15, 0.2) is 48.5 Å². The van der Waals surface area contributed by atoms with Gasteiger partial charge in [-0.2, -0.15) is 13.2 Å². The minimum Gasteiger partial charge on any atom is -0.497 e. The Morgan fingerprint density at radius 3 is 2.14 bits per heavy atom. The zero-order chi connectivity index (χ0) is 15.5. The van der Waals surface area contributed by atoms with Crippen LogP contribution < -0.4 is 10.1 Å². The molecule has 1 atom stereocenters. The van der Waals surface area contributed by atoms with E-state index in [0.717, 1.165) is 11.6 Å². The molecular formula is C16H16F3NO. The molecule has 2 nitrogen and oxygen atoms in total. The lowest BCUT2D eigenvalue weighted by atomic mass is 9.94. The number of alkyl halides is 3. The zero-order valence-corrected chi connectivity index (χ0v) is 11.7. The normalized spacial score (nSPS) is 13.0. The van der Waals surface area contributed by atoms with Crippen LogP contribution in [0.2, 0.25) is 0 Å². The highest BCUT2D eigenvalue weighted by Crippen LogP contribution is 2.36. The molecule has 0 bridgehead atoms. The zero-order valence-electron chi connectivity index (χ0n) is 11.7. The number of benzene rings is 2. The van der Waals surface area contributed by atoms with Gasteiger partial charge in [0.25, 0.3) is 0 Å². The van der Waals surface area contributed by atoms with Crippen LogP contribution in [0.5, 0.6) is 5.75 Å². The average molecular weight is 295 g/mol. The molecule has 0 saturated carbocycles. The van der Waals surface area contributed by atoms with Crippen LogP contribution in [-0.4, -0.2) is 14.2 Å². The van der Waals surface area contributed by atoms with E-state index in [0.29, 0.717) is 5.75 Å².